The van der Waals surface area contributed by atoms with Gasteiger partial charge in [-0.2, -0.15) is 5.10 Å². The van der Waals surface area contributed by atoms with E-state index >= 15 is 0 Å². The Morgan fingerprint density at radius 3 is 2.91 bits per heavy atom. The lowest BCUT2D eigenvalue weighted by molar-refractivity contribution is -0.132. The molecule has 23 heavy (non-hydrogen) atoms. The maximum absolute atomic E-state index is 11.3. The highest BCUT2D eigenvalue weighted by Gasteiger charge is 2.46. The van der Waals surface area contributed by atoms with Crippen molar-refractivity contribution in [2.75, 3.05) is 0 Å². The van der Waals surface area contributed by atoms with Gasteiger partial charge < -0.3 is 9.84 Å². The van der Waals surface area contributed by atoms with E-state index in [2.05, 4.69) is 10.1 Å². The van der Waals surface area contributed by atoms with Crippen molar-refractivity contribution in [3.05, 3.63) is 40.9 Å². The SMILES string of the molecule is CC1CCCC(Oc2ccc(Cl)cc2Cl)C1(O)Cn1cncn1. The van der Waals surface area contributed by atoms with Crippen molar-refractivity contribution in [3.8, 4) is 5.75 Å². The first kappa shape index (κ1) is 16.6. The Kier molecular flexibility index (Phi) is 4.80. The average molecular weight is 356 g/mol. The van der Waals surface area contributed by atoms with E-state index in [0.29, 0.717) is 22.3 Å². The summed E-state index contributed by atoms with van der Waals surface area (Å²) in [6.45, 7) is 2.37. The summed E-state index contributed by atoms with van der Waals surface area (Å²) < 4.78 is 7.71. The fourth-order valence-electron chi connectivity index (χ4n) is 3.14. The Balaban J connectivity index is 1.85. The zero-order valence-electron chi connectivity index (χ0n) is 12.8. The molecule has 124 valence electrons. The van der Waals surface area contributed by atoms with Crippen molar-refractivity contribution in [2.24, 2.45) is 5.92 Å². The Morgan fingerprint density at radius 1 is 1.39 bits per heavy atom. The molecule has 0 radical (unpaired) electrons. The van der Waals surface area contributed by atoms with Crippen molar-refractivity contribution in [3.63, 3.8) is 0 Å². The number of hydrogen-bond donors (Lipinski definition) is 1. The smallest absolute Gasteiger partial charge is 0.138 e. The third-order valence-corrected chi connectivity index (χ3v) is 5.09. The summed E-state index contributed by atoms with van der Waals surface area (Å²) in [5, 5.41) is 16.4. The minimum atomic E-state index is -1.03. The molecule has 3 atom stereocenters. The van der Waals surface area contributed by atoms with Crippen LogP contribution < -0.4 is 4.74 Å². The zero-order chi connectivity index (χ0) is 16.4. The van der Waals surface area contributed by atoms with E-state index in [9.17, 15) is 5.11 Å². The molecule has 0 bridgehead atoms. The van der Waals surface area contributed by atoms with Crippen LogP contribution in [0.25, 0.3) is 0 Å². The third kappa shape index (κ3) is 3.47. The number of nitrogens with zero attached hydrogens (tertiary/aromatic N) is 3. The molecule has 3 unspecified atom stereocenters. The first-order chi connectivity index (χ1) is 11.0. The fourth-order valence-corrected chi connectivity index (χ4v) is 3.60. The number of halogens is 2. The molecular weight excluding hydrogens is 337 g/mol. The van der Waals surface area contributed by atoms with Gasteiger partial charge in [0.15, 0.2) is 0 Å². The molecule has 5 nitrogen and oxygen atoms in total. The molecule has 1 aliphatic carbocycles. The number of rotatable bonds is 4. The molecule has 1 aromatic heterocycles. The van der Waals surface area contributed by atoms with E-state index in [-0.39, 0.29) is 12.0 Å². The molecule has 1 aliphatic rings. The van der Waals surface area contributed by atoms with Gasteiger partial charge in [0.05, 0.1) is 11.6 Å². The highest BCUT2D eigenvalue weighted by molar-refractivity contribution is 6.35. The molecule has 1 fully saturated rings. The topological polar surface area (TPSA) is 60.2 Å². The van der Waals surface area contributed by atoms with Crippen LogP contribution >= 0.6 is 23.2 Å². The van der Waals surface area contributed by atoms with Crippen LogP contribution in [-0.4, -0.2) is 31.6 Å². The van der Waals surface area contributed by atoms with Crippen LogP contribution in [0.3, 0.4) is 0 Å². The number of hydrogen-bond acceptors (Lipinski definition) is 4. The summed E-state index contributed by atoms with van der Waals surface area (Å²) in [5.41, 5.74) is -1.03. The van der Waals surface area contributed by atoms with Crippen LogP contribution in [-0.2, 0) is 6.54 Å². The maximum Gasteiger partial charge on any atom is 0.138 e. The molecular formula is C16H19Cl2N3O2. The van der Waals surface area contributed by atoms with Gasteiger partial charge >= 0.3 is 0 Å². The molecule has 0 spiro atoms. The van der Waals surface area contributed by atoms with Crippen LogP contribution in [0.15, 0.2) is 30.9 Å². The molecule has 1 N–H and O–H groups in total. The van der Waals surface area contributed by atoms with Crippen molar-refractivity contribution in [2.45, 2.75) is 44.4 Å². The molecule has 3 rings (SSSR count). The maximum atomic E-state index is 11.3. The predicted octanol–water partition coefficient (Wildman–Crippen LogP) is 3.58. The van der Waals surface area contributed by atoms with E-state index in [1.165, 1.54) is 6.33 Å². The van der Waals surface area contributed by atoms with E-state index in [4.69, 9.17) is 27.9 Å². The van der Waals surface area contributed by atoms with Gasteiger partial charge in [0, 0.05) is 5.02 Å². The molecule has 0 amide bonds. The summed E-state index contributed by atoms with van der Waals surface area (Å²) in [5.74, 6) is 0.615. The van der Waals surface area contributed by atoms with E-state index in [1.54, 1.807) is 29.2 Å². The van der Waals surface area contributed by atoms with Crippen molar-refractivity contribution >= 4 is 23.2 Å². The van der Waals surface area contributed by atoms with Gasteiger partial charge in [-0.3, -0.25) is 0 Å². The van der Waals surface area contributed by atoms with Gasteiger partial charge in [-0.25, -0.2) is 9.67 Å². The van der Waals surface area contributed by atoms with Crippen LogP contribution in [0.1, 0.15) is 26.2 Å². The number of aromatic nitrogens is 3. The minimum Gasteiger partial charge on any atom is -0.486 e. The lowest BCUT2D eigenvalue weighted by atomic mass is 9.74. The van der Waals surface area contributed by atoms with E-state index in [1.807, 2.05) is 6.92 Å². The van der Waals surface area contributed by atoms with E-state index in [0.717, 1.165) is 19.3 Å². The van der Waals surface area contributed by atoms with Crippen molar-refractivity contribution in [1.82, 2.24) is 14.8 Å². The number of benzene rings is 1. The predicted molar refractivity (Wildman–Crippen MR) is 88.9 cm³/mol. The second-order valence-corrected chi connectivity index (χ2v) is 6.94. The van der Waals surface area contributed by atoms with Crippen LogP contribution in [0, 0.1) is 5.92 Å². The van der Waals surface area contributed by atoms with Crippen LogP contribution in [0.5, 0.6) is 5.75 Å². The zero-order valence-corrected chi connectivity index (χ0v) is 14.3. The van der Waals surface area contributed by atoms with Crippen molar-refractivity contribution in [1.29, 1.82) is 0 Å². The molecule has 0 saturated heterocycles. The molecule has 1 saturated carbocycles. The monoisotopic (exact) mass is 355 g/mol. The standard InChI is InChI=1S/C16H19Cl2N3O2/c1-11-3-2-4-15(16(11,22)8-21-10-19-9-20-21)23-14-6-5-12(17)7-13(14)18/h5-7,9-11,15,22H,2-4,8H2,1H3. The van der Waals surface area contributed by atoms with E-state index < -0.39 is 5.60 Å². The Hall–Kier alpha value is -1.30. The normalized spacial score (nSPS) is 27.8. The molecule has 2 aromatic rings. The van der Waals surface area contributed by atoms with Crippen molar-refractivity contribution < 1.29 is 9.84 Å². The van der Waals surface area contributed by atoms with Gasteiger partial charge in [-0.15, -0.1) is 0 Å². The van der Waals surface area contributed by atoms with Gasteiger partial charge in [-0.05, 0) is 43.4 Å². The highest BCUT2D eigenvalue weighted by Crippen LogP contribution is 2.39. The Morgan fingerprint density at radius 2 is 2.22 bits per heavy atom. The third-order valence-electron chi connectivity index (χ3n) is 4.56. The number of aliphatic hydroxyl groups is 1. The Labute approximate surface area is 145 Å². The Bertz CT molecular complexity index is 665. The summed E-state index contributed by atoms with van der Waals surface area (Å²) in [7, 11) is 0. The molecule has 1 heterocycles. The molecule has 0 aliphatic heterocycles. The van der Waals surface area contributed by atoms with Gasteiger partial charge in [0.2, 0.25) is 0 Å². The van der Waals surface area contributed by atoms with Gasteiger partial charge in [0.25, 0.3) is 0 Å². The number of ether oxygens (including phenoxy) is 1. The molecule has 7 heteroatoms. The minimum absolute atomic E-state index is 0.0801. The molecule has 1 aromatic carbocycles. The summed E-state index contributed by atoms with van der Waals surface area (Å²) >= 11 is 12.1. The highest BCUT2D eigenvalue weighted by atomic mass is 35.5. The largest absolute Gasteiger partial charge is 0.486 e. The fraction of sp³-hybridized carbons (Fsp3) is 0.500. The average Bonchev–Trinajstić information content (AvgIpc) is 2.99. The quantitative estimate of drug-likeness (QED) is 0.910. The summed E-state index contributed by atoms with van der Waals surface area (Å²) in [6.07, 6.45) is 5.40. The van der Waals surface area contributed by atoms with Gasteiger partial charge in [0.1, 0.15) is 30.1 Å². The first-order valence-corrected chi connectivity index (χ1v) is 8.41. The van der Waals surface area contributed by atoms with Crippen LogP contribution in [0.4, 0.5) is 0 Å². The summed E-state index contributed by atoms with van der Waals surface area (Å²) in [6, 6.07) is 5.10. The van der Waals surface area contributed by atoms with Gasteiger partial charge in [-0.1, -0.05) is 30.1 Å². The lowest BCUT2D eigenvalue weighted by Crippen LogP contribution is -2.56. The second kappa shape index (κ2) is 6.67. The lowest BCUT2D eigenvalue weighted by Gasteiger charge is -2.44. The van der Waals surface area contributed by atoms with Crippen LogP contribution in [0.2, 0.25) is 10.0 Å². The first-order valence-electron chi connectivity index (χ1n) is 7.65. The summed E-state index contributed by atoms with van der Waals surface area (Å²) in [4.78, 5) is 3.94. The second-order valence-electron chi connectivity index (χ2n) is 6.10.